The average molecular weight is 186 g/mol. The molecule has 0 spiro atoms. The Labute approximate surface area is 73.3 Å². The molecule has 0 aliphatic rings. The van der Waals surface area contributed by atoms with Crippen molar-refractivity contribution in [3.8, 4) is 0 Å². The summed E-state index contributed by atoms with van der Waals surface area (Å²) in [6.45, 7) is -0.00574. The average Bonchev–Trinajstić information content (AvgIpc) is 2.05. The Morgan fingerprint density at radius 3 is 2.58 bits per heavy atom. The van der Waals surface area contributed by atoms with Crippen molar-refractivity contribution in [2.45, 2.75) is 11.3 Å². The first-order chi connectivity index (χ1) is 5.75. The quantitative estimate of drug-likeness (QED) is 0.686. The van der Waals surface area contributed by atoms with Crippen molar-refractivity contribution in [3.05, 3.63) is 29.8 Å². The standard InChI is InChI=1S/C8H10O3S/c9-6-5-7-3-1-2-4-8(7)12(10)11/h1-4,9H,5-6H2,(H,10,11). The van der Waals surface area contributed by atoms with E-state index >= 15 is 0 Å². The van der Waals surface area contributed by atoms with E-state index < -0.39 is 11.1 Å². The van der Waals surface area contributed by atoms with Gasteiger partial charge < -0.3 is 9.66 Å². The third-order valence-corrected chi connectivity index (χ3v) is 2.32. The van der Waals surface area contributed by atoms with Crippen LogP contribution in [0, 0.1) is 0 Å². The fourth-order valence-electron chi connectivity index (χ4n) is 1.00. The van der Waals surface area contributed by atoms with E-state index in [4.69, 9.17) is 9.66 Å². The summed E-state index contributed by atoms with van der Waals surface area (Å²) >= 11 is -1.95. The van der Waals surface area contributed by atoms with E-state index in [0.717, 1.165) is 5.56 Å². The molecule has 12 heavy (non-hydrogen) atoms. The minimum absolute atomic E-state index is 0.00574. The lowest BCUT2D eigenvalue weighted by molar-refractivity contribution is 0.298. The Morgan fingerprint density at radius 1 is 1.33 bits per heavy atom. The highest BCUT2D eigenvalue weighted by Gasteiger charge is 2.05. The summed E-state index contributed by atoms with van der Waals surface area (Å²) in [6, 6.07) is 6.80. The maximum atomic E-state index is 10.7. The van der Waals surface area contributed by atoms with Crippen LogP contribution in [0.5, 0.6) is 0 Å². The molecule has 0 aromatic heterocycles. The summed E-state index contributed by atoms with van der Waals surface area (Å²) in [5, 5.41) is 8.65. The Bertz CT molecular complexity index is 285. The molecule has 0 aliphatic carbocycles. The normalized spacial score (nSPS) is 12.8. The molecule has 0 bridgehead atoms. The van der Waals surface area contributed by atoms with Gasteiger partial charge in [0.05, 0.1) is 4.90 Å². The lowest BCUT2D eigenvalue weighted by Crippen LogP contribution is -1.98. The van der Waals surface area contributed by atoms with Crippen LogP contribution in [0.1, 0.15) is 5.56 Å². The van der Waals surface area contributed by atoms with Gasteiger partial charge in [0.1, 0.15) is 0 Å². The summed E-state index contributed by atoms with van der Waals surface area (Å²) in [5.74, 6) is 0. The van der Waals surface area contributed by atoms with Crippen LogP contribution in [0.25, 0.3) is 0 Å². The molecular formula is C8H10O3S. The molecule has 0 aliphatic heterocycles. The third-order valence-electron chi connectivity index (χ3n) is 1.54. The fourth-order valence-corrected chi connectivity index (χ4v) is 1.59. The predicted octanol–water partition coefficient (Wildman–Crippen LogP) is 0.802. The summed E-state index contributed by atoms with van der Waals surface area (Å²) in [7, 11) is 0. The summed E-state index contributed by atoms with van der Waals surface area (Å²) in [6.07, 6.45) is 0.419. The first kappa shape index (κ1) is 9.38. The monoisotopic (exact) mass is 186 g/mol. The minimum atomic E-state index is -1.95. The maximum Gasteiger partial charge on any atom is 0.186 e. The molecule has 66 valence electrons. The number of benzene rings is 1. The van der Waals surface area contributed by atoms with Gasteiger partial charge in [-0.2, -0.15) is 0 Å². The van der Waals surface area contributed by atoms with Crippen LogP contribution in [0.3, 0.4) is 0 Å². The van der Waals surface area contributed by atoms with Crippen LogP contribution in [0.15, 0.2) is 29.2 Å². The van der Waals surface area contributed by atoms with Gasteiger partial charge in [-0.1, -0.05) is 18.2 Å². The van der Waals surface area contributed by atoms with Crippen LogP contribution < -0.4 is 0 Å². The molecule has 0 saturated carbocycles. The van der Waals surface area contributed by atoms with Gasteiger partial charge in [-0.15, -0.1) is 0 Å². The highest BCUT2D eigenvalue weighted by Crippen LogP contribution is 2.12. The molecule has 0 saturated heterocycles. The second-order valence-electron chi connectivity index (χ2n) is 2.33. The minimum Gasteiger partial charge on any atom is -0.396 e. The molecule has 1 rings (SSSR count). The van der Waals surface area contributed by atoms with Gasteiger partial charge in [0.25, 0.3) is 0 Å². The van der Waals surface area contributed by atoms with Crippen molar-refractivity contribution >= 4 is 11.1 Å². The van der Waals surface area contributed by atoms with Gasteiger partial charge in [0.15, 0.2) is 11.1 Å². The van der Waals surface area contributed by atoms with Gasteiger partial charge in [-0.25, -0.2) is 4.21 Å². The van der Waals surface area contributed by atoms with Crippen molar-refractivity contribution in [2.75, 3.05) is 6.61 Å². The zero-order valence-electron chi connectivity index (χ0n) is 6.43. The molecule has 3 nitrogen and oxygen atoms in total. The predicted molar refractivity (Wildman–Crippen MR) is 46.3 cm³/mol. The second kappa shape index (κ2) is 4.35. The van der Waals surface area contributed by atoms with Crippen LogP contribution >= 0.6 is 0 Å². The first-order valence-corrected chi connectivity index (χ1v) is 4.66. The van der Waals surface area contributed by atoms with E-state index in [1.54, 1.807) is 24.3 Å². The Balaban J connectivity index is 3.00. The number of hydrogen-bond donors (Lipinski definition) is 2. The van der Waals surface area contributed by atoms with Gasteiger partial charge in [0.2, 0.25) is 0 Å². The lowest BCUT2D eigenvalue weighted by Gasteiger charge is -2.02. The van der Waals surface area contributed by atoms with Crippen molar-refractivity contribution < 1.29 is 13.9 Å². The molecule has 1 aromatic rings. The molecule has 1 aromatic carbocycles. The number of aliphatic hydroxyl groups is 1. The van der Waals surface area contributed by atoms with E-state index in [1.807, 2.05) is 0 Å². The van der Waals surface area contributed by atoms with Gasteiger partial charge in [-0.05, 0) is 18.1 Å². The van der Waals surface area contributed by atoms with Crippen molar-refractivity contribution in [1.82, 2.24) is 0 Å². The summed E-state index contributed by atoms with van der Waals surface area (Å²) < 4.78 is 19.5. The van der Waals surface area contributed by atoms with E-state index in [1.165, 1.54) is 0 Å². The third kappa shape index (κ3) is 2.14. The molecule has 4 heteroatoms. The largest absolute Gasteiger partial charge is 0.396 e. The fraction of sp³-hybridized carbons (Fsp3) is 0.250. The van der Waals surface area contributed by atoms with Gasteiger partial charge in [-0.3, -0.25) is 0 Å². The molecule has 1 unspecified atom stereocenters. The Kier molecular flexibility index (Phi) is 3.40. The Morgan fingerprint density at radius 2 is 2.00 bits per heavy atom. The zero-order valence-corrected chi connectivity index (χ0v) is 7.25. The Hall–Kier alpha value is -0.710. The lowest BCUT2D eigenvalue weighted by atomic mass is 10.2. The smallest absolute Gasteiger partial charge is 0.186 e. The molecule has 0 fully saturated rings. The molecule has 0 radical (unpaired) electrons. The van der Waals surface area contributed by atoms with Crippen LogP contribution in [0.2, 0.25) is 0 Å². The number of hydrogen-bond acceptors (Lipinski definition) is 2. The van der Waals surface area contributed by atoms with E-state index in [2.05, 4.69) is 0 Å². The van der Waals surface area contributed by atoms with E-state index in [-0.39, 0.29) is 6.61 Å². The van der Waals surface area contributed by atoms with Gasteiger partial charge in [0, 0.05) is 6.61 Å². The molecule has 2 N–H and O–H groups in total. The summed E-state index contributed by atoms with van der Waals surface area (Å²) in [4.78, 5) is 0.381. The molecular weight excluding hydrogens is 176 g/mol. The maximum absolute atomic E-state index is 10.7. The first-order valence-electron chi connectivity index (χ1n) is 3.55. The molecule has 1 atom stereocenters. The number of aliphatic hydroxyl groups excluding tert-OH is 1. The molecule has 0 amide bonds. The van der Waals surface area contributed by atoms with Crippen LogP contribution in [-0.4, -0.2) is 20.5 Å². The second-order valence-corrected chi connectivity index (χ2v) is 3.27. The highest BCUT2D eigenvalue weighted by molar-refractivity contribution is 7.79. The van der Waals surface area contributed by atoms with Gasteiger partial charge >= 0.3 is 0 Å². The van der Waals surface area contributed by atoms with E-state index in [0.29, 0.717) is 11.3 Å². The molecule has 0 heterocycles. The topological polar surface area (TPSA) is 57.5 Å². The van der Waals surface area contributed by atoms with Crippen molar-refractivity contribution in [2.24, 2.45) is 0 Å². The SMILES string of the molecule is O=S(O)c1ccccc1CCO. The summed E-state index contributed by atoms with van der Waals surface area (Å²) in [5.41, 5.74) is 0.723. The number of rotatable bonds is 3. The zero-order chi connectivity index (χ0) is 8.97. The van der Waals surface area contributed by atoms with Crippen molar-refractivity contribution in [3.63, 3.8) is 0 Å². The van der Waals surface area contributed by atoms with Crippen molar-refractivity contribution in [1.29, 1.82) is 0 Å². The van der Waals surface area contributed by atoms with Crippen LogP contribution in [-0.2, 0) is 17.5 Å². The highest BCUT2D eigenvalue weighted by atomic mass is 32.2. The van der Waals surface area contributed by atoms with Crippen LogP contribution in [0.4, 0.5) is 0 Å². The van der Waals surface area contributed by atoms with E-state index in [9.17, 15) is 4.21 Å².